The van der Waals surface area contributed by atoms with Crippen molar-refractivity contribution in [3.8, 4) is 11.6 Å². The van der Waals surface area contributed by atoms with E-state index >= 15 is 0 Å². The van der Waals surface area contributed by atoms with Crippen LogP contribution in [0.15, 0.2) is 18.3 Å². The minimum atomic E-state index is -0.540. The molecule has 0 saturated heterocycles. The van der Waals surface area contributed by atoms with E-state index in [1.165, 1.54) is 0 Å². The molecule has 1 heterocycles. The maximum Gasteiger partial charge on any atom is 0.213 e. The van der Waals surface area contributed by atoms with Gasteiger partial charge in [-0.3, -0.25) is 0 Å². The van der Waals surface area contributed by atoms with Gasteiger partial charge in [0.2, 0.25) is 5.88 Å². The summed E-state index contributed by atoms with van der Waals surface area (Å²) in [7, 11) is 1.58. The molecule has 1 atom stereocenters. The molecule has 0 saturated carbocycles. The van der Waals surface area contributed by atoms with Gasteiger partial charge in [0.15, 0.2) is 0 Å². The molecule has 17 heavy (non-hydrogen) atoms. The van der Waals surface area contributed by atoms with E-state index in [0.29, 0.717) is 24.2 Å². The van der Waals surface area contributed by atoms with Crippen LogP contribution in [0.5, 0.6) is 11.6 Å². The van der Waals surface area contributed by atoms with Crippen LogP contribution in [0.1, 0.15) is 13.8 Å². The van der Waals surface area contributed by atoms with Crippen molar-refractivity contribution in [1.29, 1.82) is 0 Å². The minimum absolute atomic E-state index is 0.221. The van der Waals surface area contributed by atoms with Gasteiger partial charge in [-0.05, 0) is 6.07 Å². The Bertz CT molecular complexity index is 314. The van der Waals surface area contributed by atoms with Crippen molar-refractivity contribution in [2.45, 2.75) is 26.0 Å². The first-order chi connectivity index (χ1) is 8.11. The summed E-state index contributed by atoms with van der Waals surface area (Å²) in [6.45, 7) is 4.78. The van der Waals surface area contributed by atoms with E-state index in [4.69, 9.17) is 9.47 Å². The molecule has 5 heteroatoms. The number of ether oxygens (including phenoxy) is 2. The Balaban J connectivity index is 2.29. The maximum atomic E-state index is 9.62. The van der Waals surface area contributed by atoms with Gasteiger partial charge in [0.1, 0.15) is 18.5 Å². The van der Waals surface area contributed by atoms with E-state index in [2.05, 4.69) is 10.3 Å². The van der Waals surface area contributed by atoms with Crippen LogP contribution in [0.4, 0.5) is 0 Å². The largest absolute Gasteiger partial charge is 0.495 e. The molecular formula is C12H20N2O3. The zero-order valence-electron chi connectivity index (χ0n) is 10.5. The van der Waals surface area contributed by atoms with E-state index < -0.39 is 6.10 Å². The molecule has 1 unspecified atom stereocenters. The highest BCUT2D eigenvalue weighted by Crippen LogP contribution is 2.12. The van der Waals surface area contributed by atoms with Crippen LogP contribution < -0.4 is 14.8 Å². The Morgan fingerprint density at radius 2 is 2.18 bits per heavy atom. The van der Waals surface area contributed by atoms with Crippen molar-refractivity contribution in [3.05, 3.63) is 18.3 Å². The lowest BCUT2D eigenvalue weighted by molar-refractivity contribution is 0.102. The molecule has 1 aromatic rings. The van der Waals surface area contributed by atoms with E-state index in [1.54, 1.807) is 25.4 Å². The topological polar surface area (TPSA) is 63.6 Å². The van der Waals surface area contributed by atoms with E-state index in [9.17, 15) is 5.11 Å². The van der Waals surface area contributed by atoms with Crippen LogP contribution in [0.25, 0.3) is 0 Å². The molecule has 0 fully saturated rings. The van der Waals surface area contributed by atoms with E-state index in [1.807, 2.05) is 13.8 Å². The van der Waals surface area contributed by atoms with E-state index in [0.717, 1.165) is 0 Å². The van der Waals surface area contributed by atoms with Gasteiger partial charge in [0.25, 0.3) is 0 Å². The Labute approximate surface area is 102 Å². The van der Waals surface area contributed by atoms with Crippen LogP contribution in [0.2, 0.25) is 0 Å². The van der Waals surface area contributed by atoms with Crippen molar-refractivity contribution in [2.75, 3.05) is 20.3 Å². The summed E-state index contributed by atoms with van der Waals surface area (Å²) in [5.74, 6) is 1.16. The van der Waals surface area contributed by atoms with Gasteiger partial charge in [-0.2, -0.15) is 0 Å². The molecular weight excluding hydrogens is 220 g/mol. The molecule has 96 valence electrons. The van der Waals surface area contributed by atoms with Crippen LogP contribution >= 0.6 is 0 Å². The van der Waals surface area contributed by atoms with Crippen molar-refractivity contribution in [2.24, 2.45) is 0 Å². The summed E-state index contributed by atoms with van der Waals surface area (Å²) in [4.78, 5) is 4.04. The van der Waals surface area contributed by atoms with Crippen LogP contribution in [-0.2, 0) is 0 Å². The number of aromatic nitrogens is 1. The Hall–Kier alpha value is -1.33. The summed E-state index contributed by atoms with van der Waals surface area (Å²) in [5, 5.41) is 12.7. The van der Waals surface area contributed by atoms with Crippen molar-refractivity contribution < 1.29 is 14.6 Å². The summed E-state index contributed by atoms with van der Waals surface area (Å²) in [5.41, 5.74) is 0. The first-order valence-corrected chi connectivity index (χ1v) is 5.66. The third-order valence-corrected chi connectivity index (χ3v) is 2.13. The lowest BCUT2D eigenvalue weighted by Crippen LogP contribution is -2.35. The van der Waals surface area contributed by atoms with Gasteiger partial charge in [0, 0.05) is 18.7 Å². The van der Waals surface area contributed by atoms with Gasteiger partial charge in [-0.25, -0.2) is 4.98 Å². The average molecular weight is 240 g/mol. The number of hydrogen-bond donors (Lipinski definition) is 2. The molecule has 0 aliphatic heterocycles. The van der Waals surface area contributed by atoms with Crippen molar-refractivity contribution in [1.82, 2.24) is 10.3 Å². The molecule has 1 aromatic heterocycles. The highest BCUT2D eigenvalue weighted by Gasteiger charge is 2.06. The zero-order chi connectivity index (χ0) is 12.7. The second-order valence-electron chi connectivity index (χ2n) is 4.06. The summed E-state index contributed by atoms with van der Waals surface area (Å²) >= 11 is 0. The molecule has 1 rings (SSSR count). The SMILES string of the molecule is COc1ccc(OCC(O)CNC(C)C)nc1. The van der Waals surface area contributed by atoms with Crippen LogP contribution in [0, 0.1) is 0 Å². The Morgan fingerprint density at radius 1 is 1.41 bits per heavy atom. The number of pyridine rings is 1. The molecule has 0 amide bonds. The van der Waals surface area contributed by atoms with Crippen molar-refractivity contribution in [3.63, 3.8) is 0 Å². The fraction of sp³-hybridized carbons (Fsp3) is 0.583. The van der Waals surface area contributed by atoms with Gasteiger partial charge >= 0.3 is 0 Å². The number of methoxy groups -OCH3 is 1. The first-order valence-electron chi connectivity index (χ1n) is 5.66. The predicted molar refractivity (Wildman–Crippen MR) is 65.4 cm³/mol. The number of rotatable bonds is 7. The van der Waals surface area contributed by atoms with Gasteiger partial charge < -0.3 is 19.9 Å². The monoisotopic (exact) mass is 240 g/mol. The zero-order valence-corrected chi connectivity index (χ0v) is 10.5. The minimum Gasteiger partial charge on any atom is -0.495 e. The molecule has 0 bridgehead atoms. The number of nitrogens with zero attached hydrogens (tertiary/aromatic N) is 1. The second-order valence-corrected chi connectivity index (χ2v) is 4.06. The summed E-state index contributed by atoms with van der Waals surface area (Å²) < 4.78 is 10.3. The molecule has 2 N–H and O–H groups in total. The third-order valence-electron chi connectivity index (χ3n) is 2.13. The van der Waals surface area contributed by atoms with Gasteiger partial charge in [0.05, 0.1) is 13.3 Å². The van der Waals surface area contributed by atoms with Gasteiger partial charge in [-0.1, -0.05) is 13.8 Å². The molecule has 0 aliphatic carbocycles. The second kappa shape index (κ2) is 7.09. The number of hydrogen-bond acceptors (Lipinski definition) is 5. The van der Waals surface area contributed by atoms with Crippen LogP contribution in [0.3, 0.4) is 0 Å². The average Bonchev–Trinajstić information content (AvgIpc) is 2.34. The third kappa shape index (κ3) is 5.51. The molecule has 5 nitrogen and oxygen atoms in total. The number of aliphatic hydroxyl groups is 1. The van der Waals surface area contributed by atoms with E-state index in [-0.39, 0.29) is 6.61 Å². The van der Waals surface area contributed by atoms with Crippen molar-refractivity contribution >= 4 is 0 Å². The number of nitrogens with one attached hydrogen (secondary N) is 1. The maximum absolute atomic E-state index is 9.62. The molecule has 0 aliphatic rings. The Morgan fingerprint density at radius 3 is 2.71 bits per heavy atom. The first kappa shape index (κ1) is 13.7. The lowest BCUT2D eigenvalue weighted by Gasteiger charge is -2.14. The van der Waals surface area contributed by atoms with Crippen LogP contribution in [-0.4, -0.2) is 42.5 Å². The fourth-order valence-electron chi connectivity index (χ4n) is 1.19. The summed E-state index contributed by atoms with van der Waals surface area (Å²) in [6, 6.07) is 3.83. The standard InChI is InChI=1S/C12H20N2O3/c1-9(2)13-6-10(15)8-17-12-5-4-11(16-3)7-14-12/h4-5,7,9-10,13,15H,6,8H2,1-3H3. The normalized spacial score (nSPS) is 12.5. The smallest absolute Gasteiger partial charge is 0.213 e. The lowest BCUT2D eigenvalue weighted by atomic mass is 10.3. The Kier molecular flexibility index (Phi) is 5.72. The summed E-state index contributed by atoms with van der Waals surface area (Å²) in [6.07, 6.45) is 1.04. The molecule has 0 aromatic carbocycles. The molecule has 0 spiro atoms. The highest BCUT2D eigenvalue weighted by molar-refractivity contribution is 5.22. The number of aliphatic hydroxyl groups excluding tert-OH is 1. The quantitative estimate of drug-likeness (QED) is 0.739. The highest BCUT2D eigenvalue weighted by atomic mass is 16.5. The molecule has 0 radical (unpaired) electrons. The van der Waals surface area contributed by atoms with Gasteiger partial charge in [-0.15, -0.1) is 0 Å². The fourth-order valence-corrected chi connectivity index (χ4v) is 1.19. The predicted octanol–water partition coefficient (Wildman–Crippen LogP) is 0.828.